The normalized spacial score (nSPS) is 24.7. The van der Waals surface area contributed by atoms with Crippen molar-refractivity contribution < 1.29 is 0 Å². The zero-order valence-corrected chi connectivity index (χ0v) is 9.62. The zero-order chi connectivity index (χ0) is 11.1. The molecule has 1 saturated carbocycles. The van der Waals surface area contributed by atoms with Crippen LogP contribution in [0.25, 0.3) is 0 Å². The van der Waals surface area contributed by atoms with E-state index in [0.29, 0.717) is 5.92 Å². The van der Waals surface area contributed by atoms with Crippen molar-refractivity contribution in [2.75, 3.05) is 0 Å². The van der Waals surface area contributed by atoms with Gasteiger partial charge in [-0.1, -0.05) is 45.0 Å². The lowest BCUT2D eigenvalue weighted by Crippen LogP contribution is -2.10. The van der Waals surface area contributed by atoms with E-state index in [4.69, 9.17) is 5.26 Å². The summed E-state index contributed by atoms with van der Waals surface area (Å²) in [4.78, 5) is 0. The summed E-state index contributed by atoms with van der Waals surface area (Å²) in [7, 11) is 0. The molecule has 15 heavy (non-hydrogen) atoms. The summed E-state index contributed by atoms with van der Waals surface area (Å²) in [5, 5.41) is 8.77. The largest absolute Gasteiger partial charge is 0.198 e. The van der Waals surface area contributed by atoms with Crippen LogP contribution in [0.2, 0.25) is 0 Å². The Morgan fingerprint density at radius 2 is 1.80 bits per heavy atom. The average Bonchev–Trinajstić information content (AvgIpc) is 2.95. The maximum absolute atomic E-state index is 8.77. The first kappa shape index (κ1) is 10.2. The van der Waals surface area contributed by atoms with Crippen LogP contribution in [0.4, 0.5) is 0 Å². The SMILES string of the molecule is CC(C)(C)c1ccc(C2CC2C#N)cc1. The molecule has 0 bridgehead atoms. The molecule has 1 fully saturated rings. The molecule has 0 N–H and O–H groups in total. The van der Waals surface area contributed by atoms with E-state index < -0.39 is 0 Å². The van der Waals surface area contributed by atoms with Gasteiger partial charge in [-0.3, -0.25) is 0 Å². The molecule has 0 saturated heterocycles. The molecule has 0 aromatic heterocycles. The Hall–Kier alpha value is -1.29. The first-order valence-electron chi connectivity index (χ1n) is 5.52. The smallest absolute Gasteiger partial charge is 0.0662 e. The van der Waals surface area contributed by atoms with Crippen LogP contribution in [0.15, 0.2) is 24.3 Å². The molecule has 1 aromatic rings. The number of nitriles is 1. The van der Waals surface area contributed by atoms with Gasteiger partial charge in [0, 0.05) is 5.92 Å². The molecule has 1 heteroatoms. The molecule has 2 rings (SSSR count). The van der Waals surface area contributed by atoms with Crippen molar-refractivity contribution in [1.29, 1.82) is 5.26 Å². The molecule has 0 radical (unpaired) electrons. The summed E-state index contributed by atoms with van der Waals surface area (Å²) in [6.07, 6.45) is 1.05. The fraction of sp³-hybridized carbons (Fsp3) is 0.500. The Balaban J connectivity index is 2.16. The van der Waals surface area contributed by atoms with Crippen molar-refractivity contribution in [1.82, 2.24) is 0 Å². The van der Waals surface area contributed by atoms with Crippen molar-refractivity contribution in [3.05, 3.63) is 35.4 Å². The highest BCUT2D eigenvalue weighted by Gasteiger charge is 2.38. The third kappa shape index (κ3) is 2.04. The van der Waals surface area contributed by atoms with Gasteiger partial charge in [-0.15, -0.1) is 0 Å². The minimum Gasteiger partial charge on any atom is -0.198 e. The van der Waals surface area contributed by atoms with Crippen LogP contribution in [-0.2, 0) is 5.41 Å². The monoisotopic (exact) mass is 199 g/mol. The van der Waals surface area contributed by atoms with Gasteiger partial charge in [-0.05, 0) is 23.0 Å². The van der Waals surface area contributed by atoms with Gasteiger partial charge in [0.05, 0.1) is 12.0 Å². The molecule has 1 aliphatic rings. The molecule has 2 unspecified atom stereocenters. The van der Waals surface area contributed by atoms with E-state index in [1.165, 1.54) is 11.1 Å². The molecule has 1 nitrogen and oxygen atoms in total. The van der Waals surface area contributed by atoms with Crippen LogP contribution in [0, 0.1) is 17.2 Å². The lowest BCUT2D eigenvalue weighted by molar-refractivity contribution is 0.590. The van der Waals surface area contributed by atoms with Crippen LogP contribution < -0.4 is 0 Å². The number of nitrogens with zero attached hydrogens (tertiary/aromatic N) is 1. The highest BCUT2D eigenvalue weighted by atomic mass is 14.4. The predicted molar refractivity (Wildman–Crippen MR) is 61.6 cm³/mol. The van der Waals surface area contributed by atoms with Crippen molar-refractivity contribution in [3.8, 4) is 6.07 Å². The van der Waals surface area contributed by atoms with Crippen molar-refractivity contribution >= 4 is 0 Å². The summed E-state index contributed by atoms with van der Waals surface area (Å²) < 4.78 is 0. The number of hydrogen-bond donors (Lipinski definition) is 0. The zero-order valence-electron chi connectivity index (χ0n) is 9.62. The molecule has 0 aliphatic heterocycles. The fourth-order valence-electron chi connectivity index (χ4n) is 1.94. The van der Waals surface area contributed by atoms with Crippen LogP contribution in [0.3, 0.4) is 0 Å². The average molecular weight is 199 g/mol. The molecule has 78 valence electrons. The first-order valence-corrected chi connectivity index (χ1v) is 5.52. The maximum Gasteiger partial charge on any atom is 0.0662 e. The van der Waals surface area contributed by atoms with Gasteiger partial charge in [0.15, 0.2) is 0 Å². The Bertz CT molecular complexity index is 389. The summed E-state index contributed by atoms with van der Waals surface area (Å²) in [6, 6.07) is 11.1. The fourth-order valence-corrected chi connectivity index (χ4v) is 1.94. The van der Waals surface area contributed by atoms with Crippen molar-refractivity contribution in [2.24, 2.45) is 5.92 Å². The molecular weight excluding hydrogens is 182 g/mol. The highest BCUT2D eigenvalue weighted by molar-refractivity contribution is 5.34. The molecule has 0 spiro atoms. The maximum atomic E-state index is 8.77. The minimum absolute atomic E-state index is 0.219. The van der Waals surface area contributed by atoms with Crippen molar-refractivity contribution in [2.45, 2.75) is 38.5 Å². The Morgan fingerprint density at radius 3 is 2.20 bits per heavy atom. The molecular formula is C14H17N. The number of benzene rings is 1. The summed E-state index contributed by atoms with van der Waals surface area (Å²) in [5.41, 5.74) is 2.91. The molecule has 1 aromatic carbocycles. The Kier molecular flexibility index (Phi) is 2.31. The second kappa shape index (κ2) is 3.38. The lowest BCUT2D eigenvalue weighted by Gasteiger charge is -2.19. The van der Waals surface area contributed by atoms with Gasteiger partial charge >= 0.3 is 0 Å². The summed E-state index contributed by atoms with van der Waals surface area (Å²) >= 11 is 0. The molecule has 0 heterocycles. The van der Waals surface area contributed by atoms with Gasteiger partial charge in [0.1, 0.15) is 0 Å². The van der Waals surface area contributed by atoms with E-state index in [-0.39, 0.29) is 11.3 Å². The quantitative estimate of drug-likeness (QED) is 0.677. The summed E-state index contributed by atoms with van der Waals surface area (Å²) in [5.74, 6) is 0.773. The second-order valence-corrected chi connectivity index (χ2v) is 5.45. The topological polar surface area (TPSA) is 23.8 Å². The van der Waals surface area contributed by atoms with Gasteiger partial charge in [-0.25, -0.2) is 0 Å². The standard InChI is InChI=1S/C14H17N/c1-14(2,3)12-6-4-10(5-7-12)13-8-11(13)9-15/h4-7,11,13H,8H2,1-3H3. The van der Waals surface area contributed by atoms with Crippen LogP contribution >= 0.6 is 0 Å². The van der Waals surface area contributed by atoms with Crippen LogP contribution in [0.1, 0.15) is 44.2 Å². The van der Waals surface area contributed by atoms with Crippen LogP contribution in [0.5, 0.6) is 0 Å². The van der Waals surface area contributed by atoms with Gasteiger partial charge in [0.25, 0.3) is 0 Å². The number of hydrogen-bond acceptors (Lipinski definition) is 1. The van der Waals surface area contributed by atoms with E-state index in [2.05, 4.69) is 51.1 Å². The highest BCUT2D eigenvalue weighted by Crippen LogP contribution is 2.46. The predicted octanol–water partition coefficient (Wildman–Crippen LogP) is 3.61. The van der Waals surface area contributed by atoms with E-state index in [1.807, 2.05) is 0 Å². The third-order valence-corrected chi connectivity index (χ3v) is 3.16. The van der Waals surface area contributed by atoms with Gasteiger partial charge < -0.3 is 0 Å². The minimum atomic E-state index is 0.219. The molecule has 2 atom stereocenters. The van der Waals surface area contributed by atoms with Crippen LogP contribution in [-0.4, -0.2) is 0 Å². The van der Waals surface area contributed by atoms with E-state index in [1.54, 1.807) is 0 Å². The lowest BCUT2D eigenvalue weighted by atomic mass is 9.86. The molecule has 1 aliphatic carbocycles. The van der Waals surface area contributed by atoms with Gasteiger partial charge in [0.2, 0.25) is 0 Å². The number of rotatable bonds is 1. The van der Waals surface area contributed by atoms with E-state index in [0.717, 1.165) is 6.42 Å². The molecule has 0 amide bonds. The first-order chi connectivity index (χ1) is 7.02. The van der Waals surface area contributed by atoms with E-state index >= 15 is 0 Å². The Labute approximate surface area is 91.7 Å². The second-order valence-electron chi connectivity index (χ2n) is 5.45. The Morgan fingerprint density at radius 1 is 1.20 bits per heavy atom. The van der Waals surface area contributed by atoms with E-state index in [9.17, 15) is 0 Å². The van der Waals surface area contributed by atoms with Gasteiger partial charge in [-0.2, -0.15) is 5.26 Å². The third-order valence-electron chi connectivity index (χ3n) is 3.16. The summed E-state index contributed by atoms with van der Waals surface area (Å²) in [6.45, 7) is 6.66. The van der Waals surface area contributed by atoms with Crippen molar-refractivity contribution in [3.63, 3.8) is 0 Å².